The Balaban J connectivity index is 2.23. The van der Waals surface area contributed by atoms with Gasteiger partial charge in [0.05, 0.1) is 0 Å². The highest BCUT2D eigenvalue weighted by Gasteiger charge is 2.14. The van der Waals surface area contributed by atoms with E-state index in [0.29, 0.717) is 11.3 Å². The Hall–Kier alpha value is 0.310. The van der Waals surface area contributed by atoms with Gasteiger partial charge in [-0.3, -0.25) is 0 Å². The largest absolute Gasteiger partial charge is 0.328 e. The van der Waals surface area contributed by atoms with Crippen LogP contribution in [0.2, 0.25) is 0 Å². The predicted molar refractivity (Wildman–Crippen MR) is 39.2 cm³/mol. The van der Waals surface area contributed by atoms with E-state index in [9.17, 15) is 0 Å². The Labute approximate surface area is 56.1 Å². The summed E-state index contributed by atoms with van der Waals surface area (Å²) in [5.41, 5.74) is 5.68. The molecule has 1 rings (SSSR count). The highest BCUT2D eigenvalue weighted by atomic mass is 32.1. The molecule has 1 nitrogen and oxygen atoms in total. The number of rotatable bonds is 0. The average molecular weight is 131 g/mol. The zero-order chi connectivity index (χ0) is 5.98. The van der Waals surface area contributed by atoms with Gasteiger partial charge in [-0.25, -0.2) is 0 Å². The van der Waals surface area contributed by atoms with E-state index in [0.717, 1.165) is 6.42 Å². The summed E-state index contributed by atoms with van der Waals surface area (Å²) in [4.78, 5) is 0. The van der Waals surface area contributed by atoms with Gasteiger partial charge in [0.2, 0.25) is 0 Å². The maximum Gasteiger partial charge on any atom is 0.00492 e. The van der Waals surface area contributed by atoms with Crippen LogP contribution in [0.4, 0.5) is 0 Å². The van der Waals surface area contributed by atoms with Crippen molar-refractivity contribution in [3.05, 3.63) is 0 Å². The summed E-state index contributed by atoms with van der Waals surface area (Å²) in [7, 11) is 0. The van der Waals surface area contributed by atoms with E-state index >= 15 is 0 Å². The molecule has 2 heteroatoms. The first-order chi connectivity index (χ1) is 3.79. The normalized spacial score (nSPS) is 39.8. The molecule has 0 bridgehead atoms. The molecular formula is C6H13NS. The molecular weight excluding hydrogens is 118 g/mol. The van der Waals surface area contributed by atoms with Crippen molar-refractivity contribution in [3.8, 4) is 0 Å². The number of thiol groups is 1. The second kappa shape index (κ2) is 2.74. The second-order valence-electron chi connectivity index (χ2n) is 2.58. The Morgan fingerprint density at radius 1 is 1.38 bits per heavy atom. The molecule has 0 unspecified atom stereocenters. The summed E-state index contributed by atoms with van der Waals surface area (Å²) >= 11 is 4.34. The minimum Gasteiger partial charge on any atom is -0.328 e. The van der Waals surface area contributed by atoms with Gasteiger partial charge in [0.25, 0.3) is 0 Å². The van der Waals surface area contributed by atoms with Crippen molar-refractivity contribution >= 4 is 12.6 Å². The van der Waals surface area contributed by atoms with Crippen LogP contribution in [0.5, 0.6) is 0 Å². The summed E-state index contributed by atoms with van der Waals surface area (Å²) in [5.74, 6) is 0. The molecule has 48 valence electrons. The molecule has 0 aromatic carbocycles. The molecule has 1 saturated carbocycles. The van der Waals surface area contributed by atoms with Crippen LogP contribution < -0.4 is 5.73 Å². The first-order valence-corrected chi connectivity index (χ1v) is 3.74. The summed E-state index contributed by atoms with van der Waals surface area (Å²) < 4.78 is 0. The molecule has 0 heterocycles. The van der Waals surface area contributed by atoms with Crippen molar-refractivity contribution in [2.75, 3.05) is 0 Å². The molecule has 0 spiro atoms. The number of hydrogen-bond acceptors (Lipinski definition) is 2. The molecule has 0 saturated heterocycles. The van der Waals surface area contributed by atoms with Gasteiger partial charge < -0.3 is 5.73 Å². The topological polar surface area (TPSA) is 26.0 Å². The molecule has 8 heavy (non-hydrogen) atoms. The van der Waals surface area contributed by atoms with Crippen LogP contribution >= 0.6 is 12.6 Å². The smallest absolute Gasteiger partial charge is 0.00492 e. The van der Waals surface area contributed by atoms with Crippen molar-refractivity contribution in [2.24, 2.45) is 5.73 Å². The number of nitrogens with two attached hydrogens (primary N) is 1. The van der Waals surface area contributed by atoms with Gasteiger partial charge in [0.1, 0.15) is 0 Å². The molecule has 0 aromatic rings. The van der Waals surface area contributed by atoms with Gasteiger partial charge in [-0.15, -0.1) is 0 Å². The summed E-state index contributed by atoms with van der Waals surface area (Å²) in [5, 5.41) is 0.582. The number of hydrogen-bond donors (Lipinski definition) is 2. The van der Waals surface area contributed by atoms with Gasteiger partial charge in [-0.05, 0) is 19.3 Å². The fraction of sp³-hybridized carbons (Fsp3) is 1.00. The van der Waals surface area contributed by atoms with Crippen LogP contribution in [-0.2, 0) is 0 Å². The molecule has 2 atom stereocenters. The van der Waals surface area contributed by atoms with E-state index in [-0.39, 0.29) is 0 Å². The molecule has 2 N–H and O–H groups in total. The second-order valence-corrected chi connectivity index (χ2v) is 3.31. The molecule has 0 aliphatic heterocycles. The minimum absolute atomic E-state index is 0.436. The van der Waals surface area contributed by atoms with Crippen molar-refractivity contribution < 1.29 is 0 Å². The van der Waals surface area contributed by atoms with Crippen molar-refractivity contribution in [1.29, 1.82) is 0 Å². The lowest BCUT2D eigenvalue weighted by molar-refractivity contribution is 0.453. The molecule has 1 aliphatic carbocycles. The maximum atomic E-state index is 5.68. The van der Waals surface area contributed by atoms with Gasteiger partial charge in [-0.2, -0.15) is 12.6 Å². The Morgan fingerprint density at radius 3 is 2.50 bits per heavy atom. The van der Waals surface area contributed by atoms with Gasteiger partial charge >= 0.3 is 0 Å². The van der Waals surface area contributed by atoms with Crippen LogP contribution in [-0.4, -0.2) is 11.3 Å². The van der Waals surface area contributed by atoms with E-state index < -0.39 is 0 Å². The fourth-order valence-electron chi connectivity index (χ4n) is 1.20. The Kier molecular flexibility index (Phi) is 2.20. The van der Waals surface area contributed by atoms with Crippen molar-refractivity contribution in [1.82, 2.24) is 0 Å². The van der Waals surface area contributed by atoms with Gasteiger partial charge in [-0.1, -0.05) is 6.42 Å². The van der Waals surface area contributed by atoms with Gasteiger partial charge in [0.15, 0.2) is 0 Å². The Morgan fingerprint density at radius 2 is 2.12 bits per heavy atom. The quantitative estimate of drug-likeness (QED) is 0.474. The third-order valence-corrected chi connectivity index (χ3v) is 2.16. The average Bonchev–Trinajstić information content (AvgIpc) is 1.64. The zero-order valence-electron chi connectivity index (χ0n) is 5.01. The zero-order valence-corrected chi connectivity index (χ0v) is 5.90. The van der Waals surface area contributed by atoms with Crippen LogP contribution in [0.15, 0.2) is 0 Å². The lowest BCUT2D eigenvalue weighted by atomic mass is 9.96. The molecule has 0 amide bonds. The van der Waals surface area contributed by atoms with Crippen LogP contribution in [0, 0.1) is 0 Å². The van der Waals surface area contributed by atoms with E-state index in [2.05, 4.69) is 12.6 Å². The Bertz CT molecular complexity index is 66.9. The standard InChI is InChI=1S/C6H13NS/c7-5-2-1-3-6(8)4-5/h5-6,8H,1-4,7H2/t5-,6-/m1/s1. The maximum absolute atomic E-state index is 5.68. The molecule has 1 aliphatic rings. The highest BCUT2D eigenvalue weighted by molar-refractivity contribution is 7.80. The van der Waals surface area contributed by atoms with E-state index in [1.165, 1.54) is 19.3 Å². The fourth-order valence-corrected chi connectivity index (χ4v) is 1.65. The monoisotopic (exact) mass is 131 g/mol. The highest BCUT2D eigenvalue weighted by Crippen LogP contribution is 2.20. The van der Waals surface area contributed by atoms with Crippen LogP contribution in [0.1, 0.15) is 25.7 Å². The predicted octanol–water partition coefficient (Wildman–Crippen LogP) is 1.19. The third kappa shape index (κ3) is 1.67. The van der Waals surface area contributed by atoms with E-state index in [1.54, 1.807) is 0 Å². The lowest BCUT2D eigenvalue weighted by Gasteiger charge is -2.22. The first-order valence-electron chi connectivity index (χ1n) is 3.22. The van der Waals surface area contributed by atoms with Crippen molar-refractivity contribution in [3.63, 3.8) is 0 Å². The molecule has 0 radical (unpaired) electrons. The summed E-state index contributed by atoms with van der Waals surface area (Å²) in [6, 6.07) is 0.436. The van der Waals surface area contributed by atoms with E-state index in [4.69, 9.17) is 5.73 Å². The molecule has 1 fully saturated rings. The van der Waals surface area contributed by atoms with Crippen LogP contribution in [0.25, 0.3) is 0 Å². The third-order valence-electron chi connectivity index (χ3n) is 1.69. The lowest BCUT2D eigenvalue weighted by Crippen LogP contribution is -2.27. The van der Waals surface area contributed by atoms with Crippen molar-refractivity contribution in [2.45, 2.75) is 37.0 Å². The molecule has 0 aromatic heterocycles. The van der Waals surface area contributed by atoms with Gasteiger partial charge in [0, 0.05) is 11.3 Å². The SMILES string of the molecule is N[C@@H]1CCC[C@@H](S)C1. The summed E-state index contributed by atoms with van der Waals surface area (Å²) in [6.45, 7) is 0. The van der Waals surface area contributed by atoms with E-state index in [1.807, 2.05) is 0 Å². The first kappa shape index (κ1) is 6.43. The summed E-state index contributed by atoms with van der Waals surface area (Å²) in [6.07, 6.45) is 4.85. The van der Waals surface area contributed by atoms with Crippen LogP contribution in [0.3, 0.4) is 0 Å². The minimum atomic E-state index is 0.436.